The highest BCUT2D eigenvalue weighted by atomic mass is 32.2. The van der Waals surface area contributed by atoms with Crippen molar-refractivity contribution in [3.63, 3.8) is 0 Å². The molecule has 0 aliphatic carbocycles. The quantitative estimate of drug-likeness (QED) is 0.710. The molecule has 0 spiro atoms. The van der Waals surface area contributed by atoms with Crippen LogP contribution in [0.25, 0.3) is 10.8 Å². The second kappa shape index (κ2) is 6.74. The molecule has 0 amide bonds. The fourth-order valence-corrected chi connectivity index (χ4v) is 5.21. The minimum Gasteiger partial charge on any atom is -0.369 e. The molecule has 0 aromatic heterocycles. The minimum atomic E-state index is -3.50. The van der Waals surface area contributed by atoms with Gasteiger partial charge in [0.15, 0.2) is 0 Å². The third-order valence-corrected chi connectivity index (χ3v) is 6.93. The van der Waals surface area contributed by atoms with Crippen LogP contribution in [0.15, 0.2) is 71.6 Å². The summed E-state index contributed by atoms with van der Waals surface area (Å²) < 4.78 is 28.0. The number of anilines is 1. The summed E-state index contributed by atoms with van der Waals surface area (Å²) in [5, 5.41) is 1.74. The highest BCUT2D eigenvalue weighted by Gasteiger charge is 2.29. The number of benzene rings is 3. The molecule has 0 unspecified atom stereocenters. The van der Waals surface area contributed by atoms with Gasteiger partial charge in [0.1, 0.15) is 0 Å². The monoisotopic (exact) mass is 366 g/mol. The average Bonchev–Trinajstić information content (AvgIpc) is 2.67. The Morgan fingerprint density at radius 1 is 0.808 bits per heavy atom. The molecule has 0 saturated carbocycles. The first-order valence-electron chi connectivity index (χ1n) is 8.85. The first kappa shape index (κ1) is 17.1. The Hall–Kier alpha value is -2.37. The van der Waals surface area contributed by atoms with Gasteiger partial charge in [-0.1, -0.05) is 48.5 Å². The second-order valence-electron chi connectivity index (χ2n) is 6.71. The lowest BCUT2D eigenvalue weighted by Crippen LogP contribution is -2.48. The molecule has 1 aliphatic heterocycles. The summed E-state index contributed by atoms with van der Waals surface area (Å²) in [5.41, 5.74) is 2.38. The number of rotatable bonds is 3. The SMILES string of the molecule is Cc1cccc(N2CCN(S(=O)(=O)c3cccc4ccccc34)CC2)c1. The van der Waals surface area contributed by atoms with Gasteiger partial charge in [-0.2, -0.15) is 4.31 Å². The molecule has 0 radical (unpaired) electrons. The zero-order chi connectivity index (χ0) is 18.1. The number of hydrogen-bond acceptors (Lipinski definition) is 3. The van der Waals surface area contributed by atoms with Crippen molar-refractivity contribution < 1.29 is 8.42 Å². The van der Waals surface area contributed by atoms with Crippen LogP contribution >= 0.6 is 0 Å². The largest absolute Gasteiger partial charge is 0.369 e. The molecule has 1 aliphatic rings. The molecule has 1 heterocycles. The van der Waals surface area contributed by atoms with Crippen molar-refractivity contribution in [1.29, 1.82) is 0 Å². The van der Waals surface area contributed by atoms with E-state index < -0.39 is 10.0 Å². The molecule has 0 bridgehead atoms. The molecular formula is C21H22N2O2S. The van der Waals surface area contributed by atoms with E-state index >= 15 is 0 Å². The van der Waals surface area contributed by atoms with E-state index in [1.54, 1.807) is 10.4 Å². The van der Waals surface area contributed by atoms with Crippen molar-refractivity contribution in [2.75, 3.05) is 31.1 Å². The molecular weight excluding hydrogens is 344 g/mol. The van der Waals surface area contributed by atoms with Crippen LogP contribution in [-0.2, 0) is 10.0 Å². The fourth-order valence-electron chi connectivity index (χ4n) is 3.57. The van der Waals surface area contributed by atoms with E-state index in [4.69, 9.17) is 0 Å². The van der Waals surface area contributed by atoms with Crippen LogP contribution < -0.4 is 4.90 Å². The Balaban J connectivity index is 1.58. The Bertz CT molecular complexity index is 1030. The molecule has 0 N–H and O–H groups in total. The van der Waals surface area contributed by atoms with E-state index in [1.807, 2.05) is 42.5 Å². The topological polar surface area (TPSA) is 40.6 Å². The van der Waals surface area contributed by atoms with Gasteiger partial charge in [0.2, 0.25) is 10.0 Å². The van der Waals surface area contributed by atoms with Crippen LogP contribution in [0.3, 0.4) is 0 Å². The maximum atomic E-state index is 13.2. The van der Waals surface area contributed by atoms with Gasteiger partial charge in [-0.05, 0) is 36.1 Å². The normalized spacial score (nSPS) is 16.1. The van der Waals surface area contributed by atoms with E-state index in [0.717, 1.165) is 16.5 Å². The highest BCUT2D eigenvalue weighted by Crippen LogP contribution is 2.27. The summed E-state index contributed by atoms with van der Waals surface area (Å²) >= 11 is 0. The number of fused-ring (bicyclic) bond motifs is 1. The van der Waals surface area contributed by atoms with Crippen molar-refractivity contribution in [3.8, 4) is 0 Å². The van der Waals surface area contributed by atoms with Crippen LogP contribution in [0, 0.1) is 6.92 Å². The number of sulfonamides is 1. The van der Waals surface area contributed by atoms with E-state index in [9.17, 15) is 8.42 Å². The smallest absolute Gasteiger partial charge is 0.243 e. The summed E-state index contributed by atoms with van der Waals surface area (Å²) in [6.07, 6.45) is 0. The Kier molecular flexibility index (Phi) is 4.42. The Labute approximate surface area is 154 Å². The molecule has 1 fully saturated rings. The zero-order valence-corrected chi connectivity index (χ0v) is 15.6. The lowest BCUT2D eigenvalue weighted by atomic mass is 10.1. The molecule has 4 rings (SSSR count). The van der Waals surface area contributed by atoms with Crippen LogP contribution in [0.2, 0.25) is 0 Å². The summed E-state index contributed by atoms with van der Waals surface area (Å²) in [6, 6.07) is 21.5. The van der Waals surface area contributed by atoms with Gasteiger partial charge < -0.3 is 4.90 Å². The zero-order valence-electron chi connectivity index (χ0n) is 14.8. The number of hydrogen-bond donors (Lipinski definition) is 0. The van der Waals surface area contributed by atoms with Crippen LogP contribution in [0.1, 0.15) is 5.56 Å². The molecule has 5 heteroatoms. The van der Waals surface area contributed by atoms with E-state index in [1.165, 1.54) is 5.56 Å². The van der Waals surface area contributed by atoms with Gasteiger partial charge in [-0.25, -0.2) is 8.42 Å². The van der Waals surface area contributed by atoms with E-state index in [2.05, 4.69) is 30.0 Å². The van der Waals surface area contributed by atoms with Gasteiger partial charge in [0.25, 0.3) is 0 Å². The van der Waals surface area contributed by atoms with Crippen molar-refractivity contribution in [2.24, 2.45) is 0 Å². The van der Waals surface area contributed by atoms with Crippen molar-refractivity contribution >= 4 is 26.5 Å². The number of aryl methyl sites for hydroxylation is 1. The van der Waals surface area contributed by atoms with Gasteiger partial charge in [-0.3, -0.25) is 0 Å². The Morgan fingerprint density at radius 2 is 1.50 bits per heavy atom. The first-order valence-corrected chi connectivity index (χ1v) is 10.3. The lowest BCUT2D eigenvalue weighted by molar-refractivity contribution is 0.385. The molecule has 134 valence electrons. The van der Waals surface area contributed by atoms with Gasteiger partial charge in [0, 0.05) is 37.3 Å². The van der Waals surface area contributed by atoms with Crippen LogP contribution in [-0.4, -0.2) is 38.9 Å². The predicted octanol–water partition coefficient (Wildman–Crippen LogP) is 3.66. The van der Waals surface area contributed by atoms with Crippen LogP contribution in [0.4, 0.5) is 5.69 Å². The molecule has 4 nitrogen and oxygen atoms in total. The second-order valence-corrected chi connectivity index (χ2v) is 8.61. The van der Waals surface area contributed by atoms with Gasteiger partial charge >= 0.3 is 0 Å². The van der Waals surface area contributed by atoms with Crippen LogP contribution in [0.5, 0.6) is 0 Å². The molecule has 3 aromatic rings. The summed E-state index contributed by atoms with van der Waals surface area (Å²) in [6.45, 7) is 4.48. The average molecular weight is 366 g/mol. The number of nitrogens with zero attached hydrogens (tertiary/aromatic N) is 2. The number of piperazine rings is 1. The maximum Gasteiger partial charge on any atom is 0.243 e. The molecule has 3 aromatic carbocycles. The van der Waals surface area contributed by atoms with Crippen molar-refractivity contribution in [3.05, 3.63) is 72.3 Å². The molecule has 26 heavy (non-hydrogen) atoms. The highest BCUT2D eigenvalue weighted by molar-refractivity contribution is 7.89. The summed E-state index contributed by atoms with van der Waals surface area (Å²) in [7, 11) is -3.50. The van der Waals surface area contributed by atoms with E-state index in [0.29, 0.717) is 31.1 Å². The fraction of sp³-hybridized carbons (Fsp3) is 0.238. The van der Waals surface area contributed by atoms with Gasteiger partial charge in [-0.15, -0.1) is 0 Å². The summed E-state index contributed by atoms with van der Waals surface area (Å²) in [4.78, 5) is 2.65. The first-order chi connectivity index (χ1) is 12.6. The van der Waals surface area contributed by atoms with Gasteiger partial charge in [0.05, 0.1) is 4.90 Å². The van der Waals surface area contributed by atoms with Crippen molar-refractivity contribution in [2.45, 2.75) is 11.8 Å². The van der Waals surface area contributed by atoms with Crippen molar-refractivity contribution in [1.82, 2.24) is 4.31 Å². The standard InChI is InChI=1S/C21H22N2O2S/c1-17-6-4-9-19(16-17)22-12-14-23(15-13-22)26(24,25)21-11-5-8-18-7-2-3-10-20(18)21/h2-11,16H,12-15H2,1H3. The lowest BCUT2D eigenvalue weighted by Gasteiger charge is -2.35. The third-order valence-electron chi connectivity index (χ3n) is 4.97. The van der Waals surface area contributed by atoms with E-state index in [-0.39, 0.29) is 0 Å². The Morgan fingerprint density at radius 3 is 2.27 bits per heavy atom. The third kappa shape index (κ3) is 3.08. The summed E-state index contributed by atoms with van der Waals surface area (Å²) in [5.74, 6) is 0. The predicted molar refractivity (Wildman–Crippen MR) is 106 cm³/mol. The molecule has 1 saturated heterocycles. The molecule has 0 atom stereocenters. The maximum absolute atomic E-state index is 13.2. The minimum absolute atomic E-state index is 0.402.